The van der Waals surface area contributed by atoms with Gasteiger partial charge >= 0.3 is 0 Å². The lowest BCUT2D eigenvalue weighted by atomic mass is 10.1. The highest BCUT2D eigenvalue weighted by Gasteiger charge is 2.23. The van der Waals surface area contributed by atoms with Crippen molar-refractivity contribution >= 4 is 8.53 Å². The van der Waals surface area contributed by atoms with Gasteiger partial charge in [-0.05, 0) is 0 Å². The van der Waals surface area contributed by atoms with Crippen LogP contribution in [0.4, 0.5) is 0 Å². The van der Waals surface area contributed by atoms with Crippen molar-refractivity contribution in [2.45, 2.75) is 6.04 Å². The van der Waals surface area contributed by atoms with Crippen LogP contribution in [0.5, 0.6) is 0 Å². The van der Waals surface area contributed by atoms with Crippen LogP contribution >= 0.6 is 8.53 Å². The predicted molar refractivity (Wildman–Crippen MR) is 55.5 cm³/mol. The monoisotopic (exact) mass is 230 g/mol. The Morgan fingerprint density at radius 2 is 2.13 bits per heavy atom. The smallest absolute Gasteiger partial charge is 0.261 e. The highest BCUT2D eigenvalue weighted by atomic mass is 31.2. The summed E-state index contributed by atoms with van der Waals surface area (Å²) >= 11 is 0. The van der Waals surface area contributed by atoms with Crippen molar-refractivity contribution in [2.75, 3.05) is 6.61 Å². The average molecular weight is 230 g/mol. The van der Waals surface area contributed by atoms with E-state index in [0.29, 0.717) is 5.56 Å². The van der Waals surface area contributed by atoms with Crippen LogP contribution in [0.2, 0.25) is 0 Å². The Labute approximate surface area is 87.8 Å². The molecule has 0 fully saturated rings. The Bertz CT molecular complexity index is 320. The van der Waals surface area contributed by atoms with Crippen LogP contribution in [0.1, 0.15) is 11.6 Å². The largest absolute Gasteiger partial charge is 0.338 e. The molecule has 15 heavy (non-hydrogen) atoms. The maximum Gasteiger partial charge on any atom is 0.261 e. The number of benzene rings is 1. The summed E-state index contributed by atoms with van der Waals surface area (Å²) in [6.45, 7) is -0.226. The molecule has 0 radical (unpaired) electrons. The summed E-state index contributed by atoms with van der Waals surface area (Å²) in [5, 5.41) is 10.7. The predicted octanol–water partition coefficient (Wildman–Crippen LogP) is 1.20. The topological polar surface area (TPSA) is 98.6 Å². The van der Waals surface area contributed by atoms with E-state index in [1.54, 1.807) is 30.3 Å². The molecule has 0 aromatic heterocycles. The number of hydrogen-bond acceptors (Lipinski definition) is 5. The summed E-state index contributed by atoms with van der Waals surface area (Å²) in [7, 11) is -2.05. The van der Waals surface area contributed by atoms with Gasteiger partial charge in [0.05, 0.1) is 0 Å². The molecule has 0 aliphatic rings. The van der Waals surface area contributed by atoms with E-state index in [1.807, 2.05) is 0 Å². The summed E-state index contributed by atoms with van der Waals surface area (Å²) in [6.07, 6.45) is 0. The van der Waals surface area contributed by atoms with Crippen LogP contribution < -0.4 is 5.50 Å². The second-order valence-corrected chi connectivity index (χ2v) is 3.67. The van der Waals surface area contributed by atoms with E-state index in [0.717, 1.165) is 0 Å². The Morgan fingerprint density at radius 1 is 1.53 bits per heavy atom. The van der Waals surface area contributed by atoms with E-state index in [-0.39, 0.29) is 6.61 Å². The fourth-order valence-electron chi connectivity index (χ4n) is 1.10. The standard InChI is InChI=1S/C8H11N2O4P/c9-15(13)14-6-8(10(11)12)7-4-2-1-3-5-7/h1-5,8,13H,6,9H2. The summed E-state index contributed by atoms with van der Waals surface area (Å²) in [5.74, 6) is 0. The number of nitrogens with two attached hydrogens (primary N) is 1. The molecule has 6 nitrogen and oxygen atoms in total. The Morgan fingerprint density at radius 3 is 2.60 bits per heavy atom. The minimum Gasteiger partial charge on any atom is -0.338 e. The third kappa shape index (κ3) is 3.89. The molecule has 0 aliphatic heterocycles. The lowest BCUT2D eigenvalue weighted by Crippen LogP contribution is -2.16. The molecular weight excluding hydrogens is 219 g/mol. The average Bonchev–Trinajstić information content (AvgIpc) is 2.18. The highest BCUT2D eigenvalue weighted by Crippen LogP contribution is 2.25. The van der Waals surface area contributed by atoms with Crippen molar-refractivity contribution in [3.05, 3.63) is 46.0 Å². The Kier molecular flexibility index (Phi) is 4.58. The zero-order valence-corrected chi connectivity index (χ0v) is 8.71. The molecule has 1 rings (SSSR count). The summed E-state index contributed by atoms with van der Waals surface area (Å²) in [6, 6.07) is 7.45. The summed E-state index contributed by atoms with van der Waals surface area (Å²) in [5.41, 5.74) is 5.52. The molecule has 0 bridgehead atoms. The first kappa shape index (κ1) is 12.0. The van der Waals surface area contributed by atoms with Gasteiger partial charge in [-0.15, -0.1) is 0 Å². The van der Waals surface area contributed by atoms with Gasteiger partial charge < -0.3 is 9.42 Å². The van der Waals surface area contributed by atoms with Gasteiger partial charge in [-0.2, -0.15) is 0 Å². The molecule has 1 aromatic carbocycles. The van der Waals surface area contributed by atoms with Crippen molar-refractivity contribution in [3.8, 4) is 0 Å². The molecule has 0 amide bonds. The molecule has 2 unspecified atom stereocenters. The van der Waals surface area contributed by atoms with Crippen molar-refractivity contribution < 1.29 is 14.3 Å². The van der Waals surface area contributed by atoms with Crippen molar-refractivity contribution in [1.82, 2.24) is 0 Å². The number of hydrogen-bond donors (Lipinski definition) is 2. The molecule has 82 valence electrons. The van der Waals surface area contributed by atoms with Crippen LogP contribution in [0.15, 0.2) is 30.3 Å². The molecular formula is C8H11N2O4P. The highest BCUT2D eigenvalue weighted by molar-refractivity contribution is 7.43. The van der Waals surface area contributed by atoms with Crippen molar-refractivity contribution in [2.24, 2.45) is 5.50 Å². The van der Waals surface area contributed by atoms with Crippen LogP contribution in [-0.2, 0) is 4.52 Å². The summed E-state index contributed by atoms with van der Waals surface area (Å²) in [4.78, 5) is 19.0. The SMILES string of the molecule is NP(O)OCC(c1ccccc1)[N+](=O)[O-]. The number of rotatable bonds is 5. The van der Waals surface area contributed by atoms with Gasteiger partial charge in [-0.25, -0.2) is 0 Å². The van der Waals surface area contributed by atoms with Crippen LogP contribution in [0, 0.1) is 10.1 Å². The summed E-state index contributed by atoms with van der Waals surface area (Å²) < 4.78 is 4.68. The van der Waals surface area contributed by atoms with Gasteiger partial charge in [0.1, 0.15) is 6.61 Å². The zero-order chi connectivity index (χ0) is 11.3. The third-order valence-electron chi connectivity index (χ3n) is 1.80. The second kappa shape index (κ2) is 5.72. The molecule has 7 heteroatoms. The Hall–Kier alpha value is -1.07. The van der Waals surface area contributed by atoms with Gasteiger partial charge in [0, 0.05) is 10.5 Å². The van der Waals surface area contributed by atoms with Crippen molar-refractivity contribution in [1.29, 1.82) is 0 Å². The lowest BCUT2D eigenvalue weighted by molar-refractivity contribution is -0.531. The van der Waals surface area contributed by atoms with Crippen LogP contribution in [-0.4, -0.2) is 16.4 Å². The fourth-order valence-corrected chi connectivity index (χ4v) is 1.39. The van der Waals surface area contributed by atoms with Gasteiger partial charge in [-0.3, -0.25) is 15.6 Å². The molecule has 0 heterocycles. The normalized spacial score (nSPS) is 14.5. The van der Waals surface area contributed by atoms with E-state index in [1.165, 1.54) is 0 Å². The first-order chi connectivity index (χ1) is 7.11. The van der Waals surface area contributed by atoms with Gasteiger partial charge in [0.15, 0.2) is 0 Å². The van der Waals surface area contributed by atoms with E-state index in [2.05, 4.69) is 4.52 Å². The molecule has 0 aliphatic carbocycles. The minimum absolute atomic E-state index is 0.226. The van der Waals surface area contributed by atoms with Gasteiger partial charge in [-0.1, -0.05) is 30.3 Å². The Balaban J connectivity index is 2.71. The van der Waals surface area contributed by atoms with E-state index >= 15 is 0 Å². The number of nitro groups is 1. The quantitative estimate of drug-likeness (QED) is 0.449. The second-order valence-electron chi connectivity index (χ2n) is 2.81. The lowest BCUT2D eigenvalue weighted by Gasteiger charge is -2.10. The molecule has 0 saturated heterocycles. The maximum absolute atomic E-state index is 10.7. The number of nitrogens with zero attached hydrogens (tertiary/aromatic N) is 1. The molecule has 2 atom stereocenters. The van der Waals surface area contributed by atoms with E-state index < -0.39 is 19.5 Å². The zero-order valence-electron chi connectivity index (χ0n) is 7.81. The van der Waals surface area contributed by atoms with Gasteiger partial charge in [0.25, 0.3) is 6.04 Å². The maximum atomic E-state index is 10.7. The molecule has 3 N–H and O–H groups in total. The molecule has 0 saturated carbocycles. The third-order valence-corrected chi connectivity index (χ3v) is 2.22. The van der Waals surface area contributed by atoms with Crippen LogP contribution in [0.3, 0.4) is 0 Å². The molecule has 0 spiro atoms. The fraction of sp³-hybridized carbons (Fsp3) is 0.250. The van der Waals surface area contributed by atoms with Crippen LogP contribution in [0.25, 0.3) is 0 Å². The van der Waals surface area contributed by atoms with Crippen molar-refractivity contribution in [3.63, 3.8) is 0 Å². The molecule has 1 aromatic rings. The van der Waals surface area contributed by atoms with E-state index in [4.69, 9.17) is 10.4 Å². The van der Waals surface area contributed by atoms with E-state index in [9.17, 15) is 10.1 Å². The minimum atomic E-state index is -2.05. The van der Waals surface area contributed by atoms with Gasteiger partial charge in [0.2, 0.25) is 8.53 Å². The first-order valence-corrected chi connectivity index (χ1v) is 5.44. The first-order valence-electron chi connectivity index (χ1n) is 4.16.